The predicted octanol–water partition coefficient (Wildman–Crippen LogP) is 4.51. The summed E-state index contributed by atoms with van der Waals surface area (Å²) < 4.78 is 26.5. The van der Waals surface area contributed by atoms with Crippen LogP contribution in [-0.4, -0.2) is 50.5 Å². The number of nitrogens with zero attached hydrogens (tertiary/aromatic N) is 2. The molecule has 35 heavy (non-hydrogen) atoms. The SMILES string of the molecule is CCc1ccccc1N(CC(=O)N(Cc1ccc(Cl)c(Cl)c1)[C@@H](C)C(=O)NCC(C)C)S(C)(=O)=O. The van der Waals surface area contributed by atoms with Crippen LogP contribution in [0.15, 0.2) is 42.5 Å². The second-order valence-corrected chi connectivity index (χ2v) is 11.6. The van der Waals surface area contributed by atoms with Crippen molar-refractivity contribution >= 4 is 50.7 Å². The van der Waals surface area contributed by atoms with E-state index in [-0.39, 0.29) is 18.4 Å². The predicted molar refractivity (Wildman–Crippen MR) is 142 cm³/mol. The van der Waals surface area contributed by atoms with Crippen LogP contribution in [0.25, 0.3) is 0 Å². The first-order chi connectivity index (χ1) is 16.3. The number of carbonyl (C=O) groups is 2. The van der Waals surface area contributed by atoms with Crippen molar-refractivity contribution in [1.82, 2.24) is 10.2 Å². The van der Waals surface area contributed by atoms with E-state index < -0.39 is 28.5 Å². The molecule has 0 saturated heterocycles. The molecule has 7 nitrogen and oxygen atoms in total. The largest absolute Gasteiger partial charge is 0.354 e. The third-order valence-corrected chi connectivity index (χ3v) is 7.37. The zero-order valence-corrected chi connectivity index (χ0v) is 23.0. The van der Waals surface area contributed by atoms with Gasteiger partial charge in [0.25, 0.3) is 0 Å². The van der Waals surface area contributed by atoms with Crippen molar-refractivity contribution in [2.45, 2.75) is 46.7 Å². The Kier molecular flexibility index (Phi) is 10.4. The lowest BCUT2D eigenvalue weighted by molar-refractivity contribution is -0.139. The maximum atomic E-state index is 13.6. The average Bonchev–Trinajstić information content (AvgIpc) is 2.80. The van der Waals surface area contributed by atoms with Gasteiger partial charge in [-0.3, -0.25) is 13.9 Å². The van der Waals surface area contributed by atoms with Crippen LogP contribution in [0.2, 0.25) is 10.0 Å². The zero-order chi connectivity index (χ0) is 26.3. The number of anilines is 1. The molecule has 0 aliphatic rings. The Morgan fingerprint density at radius 2 is 1.69 bits per heavy atom. The Morgan fingerprint density at radius 1 is 1.03 bits per heavy atom. The van der Waals surface area contributed by atoms with Crippen LogP contribution in [0, 0.1) is 5.92 Å². The monoisotopic (exact) mass is 541 g/mol. The van der Waals surface area contributed by atoms with Gasteiger partial charge in [0.1, 0.15) is 12.6 Å². The van der Waals surface area contributed by atoms with Crippen LogP contribution in [-0.2, 0) is 32.6 Å². The van der Waals surface area contributed by atoms with E-state index in [1.807, 2.05) is 32.9 Å². The van der Waals surface area contributed by atoms with Crippen LogP contribution >= 0.6 is 23.2 Å². The van der Waals surface area contributed by atoms with Crippen molar-refractivity contribution < 1.29 is 18.0 Å². The van der Waals surface area contributed by atoms with Gasteiger partial charge in [0, 0.05) is 13.1 Å². The Hall–Kier alpha value is -2.29. The molecule has 0 unspecified atom stereocenters. The van der Waals surface area contributed by atoms with E-state index in [1.54, 1.807) is 37.3 Å². The van der Waals surface area contributed by atoms with Crippen LogP contribution in [0.3, 0.4) is 0 Å². The highest BCUT2D eigenvalue weighted by Crippen LogP contribution is 2.26. The quantitative estimate of drug-likeness (QED) is 0.453. The van der Waals surface area contributed by atoms with E-state index in [1.165, 1.54) is 4.90 Å². The lowest BCUT2D eigenvalue weighted by Gasteiger charge is -2.32. The molecule has 0 aliphatic heterocycles. The highest BCUT2D eigenvalue weighted by Gasteiger charge is 2.30. The van der Waals surface area contributed by atoms with Crippen molar-refractivity contribution in [2.75, 3.05) is 23.7 Å². The summed E-state index contributed by atoms with van der Waals surface area (Å²) in [6.07, 6.45) is 1.66. The van der Waals surface area contributed by atoms with Gasteiger partial charge in [-0.1, -0.05) is 68.2 Å². The molecule has 0 aliphatic carbocycles. The minimum atomic E-state index is -3.79. The number of aryl methyl sites for hydroxylation is 1. The number of amides is 2. The fourth-order valence-corrected chi connectivity index (χ4v) is 4.72. The van der Waals surface area contributed by atoms with Gasteiger partial charge in [-0.25, -0.2) is 8.42 Å². The molecule has 2 aromatic carbocycles. The Bertz CT molecular complexity index is 1160. The van der Waals surface area contributed by atoms with Crippen LogP contribution < -0.4 is 9.62 Å². The molecule has 0 fully saturated rings. The molecule has 10 heteroatoms. The third kappa shape index (κ3) is 8.12. The second-order valence-electron chi connectivity index (χ2n) is 8.84. The minimum Gasteiger partial charge on any atom is -0.354 e. The number of benzene rings is 2. The minimum absolute atomic E-state index is 0.0546. The van der Waals surface area contributed by atoms with E-state index in [0.29, 0.717) is 34.3 Å². The molecule has 2 aromatic rings. The summed E-state index contributed by atoms with van der Waals surface area (Å²) in [6, 6.07) is 11.2. The first-order valence-corrected chi connectivity index (χ1v) is 14.0. The van der Waals surface area contributed by atoms with Gasteiger partial charge >= 0.3 is 0 Å². The number of nitrogens with one attached hydrogen (secondary N) is 1. The maximum absolute atomic E-state index is 13.6. The molecule has 1 N–H and O–H groups in total. The van der Waals surface area contributed by atoms with Gasteiger partial charge in [-0.2, -0.15) is 0 Å². The third-order valence-electron chi connectivity index (χ3n) is 5.51. The van der Waals surface area contributed by atoms with E-state index in [0.717, 1.165) is 16.1 Å². The van der Waals surface area contributed by atoms with Crippen molar-refractivity contribution in [1.29, 1.82) is 0 Å². The standard InChI is InChI=1S/C25H33Cl2N3O4S/c1-6-20-9-7-8-10-23(20)30(35(5,33)34)16-24(31)29(18(4)25(32)28-14-17(2)3)15-19-11-12-21(26)22(27)13-19/h7-13,17-18H,6,14-16H2,1-5H3,(H,28,32)/t18-/m0/s1. The van der Waals surface area contributed by atoms with Gasteiger partial charge in [-0.15, -0.1) is 0 Å². The molecule has 2 rings (SSSR count). The van der Waals surface area contributed by atoms with E-state index >= 15 is 0 Å². The van der Waals surface area contributed by atoms with Crippen molar-refractivity contribution in [3.05, 3.63) is 63.6 Å². The van der Waals surface area contributed by atoms with E-state index in [2.05, 4.69) is 5.32 Å². The highest BCUT2D eigenvalue weighted by atomic mass is 35.5. The van der Waals surface area contributed by atoms with Crippen LogP contribution in [0.4, 0.5) is 5.69 Å². The Labute approximate surface area is 218 Å². The smallest absolute Gasteiger partial charge is 0.244 e. The number of sulfonamides is 1. The molecule has 2 amide bonds. The Balaban J connectivity index is 2.43. The molecule has 0 heterocycles. The number of rotatable bonds is 11. The summed E-state index contributed by atoms with van der Waals surface area (Å²) in [4.78, 5) is 27.8. The first kappa shape index (κ1) is 28.9. The molecule has 0 radical (unpaired) electrons. The number of para-hydroxylation sites is 1. The average molecular weight is 543 g/mol. The summed E-state index contributed by atoms with van der Waals surface area (Å²) in [5, 5.41) is 3.54. The van der Waals surface area contributed by atoms with Crippen molar-refractivity contribution in [2.24, 2.45) is 5.92 Å². The normalized spacial score (nSPS) is 12.3. The number of hydrogen-bond acceptors (Lipinski definition) is 4. The van der Waals surface area contributed by atoms with Gasteiger partial charge in [0.15, 0.2) is 0 Å². The van der Waals surface area contributed by atoms with Crippen molar-refractivity contribution in [3.63, 3.8) is 0 Å². The fraction of sp³-hybridized carbons (Fsp3) is 0.440. The van der Waals surface area contributed by atoms with Gasteiger partial charge in [0.2, 0.25) is 21.8 Å². The van der Waals surface area contributed by atoms with Gasteiger partial charge in [0.05, 0.1) is 22.0 Å². The number of hydrogen-bond donors (Lipinski definition) is 1. The molecular formula is C25H33Cl2N3O4S. The zero-order valence-electron chi connectivity index (χ0n) is 20.7. The topological polar surface area (TPSA) is 86.8 Å². The first-order valence-electron chi connectivity index (χ1n) is 11.4. The molecule has 0 saturated carbocycles. The summed E-state index contributed by atoms with van der Waals surface area (Å²) >= 11 is 12.2. The molecule has 0 spiro atoms. The van der Waals surface area contributed by atoms with Crippen LogP contribution in [0.5, 0.6) is 0 Å². The molecule has 0 aromatic heterocycles. The van der Waals surface area contributed by atoms with Crippen molar-refractivity contribution in [3.8, 4) is 0 Å². The number of halogens is 2. The van der Waals surface area contributed by atoms with E-state index in [9.17, 15) is 18.0 Å². The Morgan fingerprint density at radius 3 is 2.26 bits per heavy atom. The van der Waals surface area contributed by atoms with Gasteiger partial charge in [-0.05, 0) is 48.6 Å². The van der Waals surface area contributed by atoms with Gasteiger partial charge < -0.3 is 10.2 Å². The second kappa shape index (κ2) is 12.6. The highest BCUT2D eigenvalue weighted by molar-refractivity contribution is 7.92. The lowest BCUT2D eigenvalue weighted by atomic mass is 10.1. The number of carbonyl (C=O) groups excluding carboxylic acids is 2. The molecular weight excluding hydrogens is 509 g/mol. The maximum Gasteiger partial charge on any atom is 0.244 e. The molecule has 1 atom stereocenters. The van der Waals surface area contributed by atoms with Crippen LogP contribution in [0.1, 0.15) is 38.8 Å². The summed E-state index contributed by atoms with van der Waals surface area (Å²) in [6.45, 7) is 7.54. The summed E-state index contributed by atoms with van der Waals surface area (Å²) in [7, 11) is -3.79. The fourth-order valence-electron chi connectivity index (χ4n) is 3.52. The lowest BCUT2D eigenvalue weighted by Crippen LogP contribution is -2.51. The summed E-state index contributed by atoms with van der Waals surface area (Å²) in [5.74, 6) is -0.608. The summed E-state index contributed by atoms with van der Waals surface area (Å²) in [5.41, 5.74) is 1.90. The molecule has 192 valence electrons. The molecule has 0 bridgehead atoms. The van der Waals surface area contributed by atoms with E-state index in [4.69, 9.17) is 23.2 Å².